The van der Waals surface area contributed by atoms with E-state index >= 15 is 0 Å². The van der Waals surface area contributed by atoms with Gasteiger partial charge in [-0.15, -0.1) is 11.3 Å². The van der Waals surface area contributed by atoms with E-state index in [1.54, 1.807) is 0 Å². The summed E-state index contributed by atoms with van der Waals surface area (Å²) >= 11 is 1.82. The standard InChI is InChI=1S/C12H20N2S/c1-3-4-5-8-14-11(9-13)12-7-6-10(2)15-12/h3-4,6-7,11,14H,5,8-9,13H2,1-2H3/b4-3+. The summed E-state index contributed by atoms with van der Waals surface area (Å²) in [4.78, 5) is 2.69. The summed E-state index contributed by atoms with van der Waals surface area (Å²) in [5, 5.41) is 3.47. The fourth-order valence-electron chi connectivity index (χ4n) is 1.45. The Balaban J connectivity index is 2.42. The molecule has 1 aromatic rings. The molecule has 0 spiro atoms. The van der Waals surface area contributed by atoms with E-state index in [4.69, 9.17) is 5.73 Å². The maximum atomic E-state index is 5.75. The van der Waals surface area contributed by atoms with Gasteiger partial charge < -0.3 is 11.1 Å². The molecule has 0 aliphatic rings. The molecule has 3 N–H and O–H groups in total. The second-order valence-corrected chi connectivity index (χ2v) is 4.87. The molecule has 1 heterocycles. The van der Waals surface area contributed by atoms with Gasteiger partial charge >= 0.3 is 0 Å². The topological polar surface area (TPSA) is 38.0 Å². The first-order valence-electron chi connectivity index (χ1n) is 5.39. The highest BCUT2D eigenvalue weighted by Crippen LogP contribution is 2.21. The third-order valence-corrected chi connectivity index (χ3v) is 3.39. The average molecular weight is 224 g/mol. The van der Waals surface area contributed by atoms with Gasteiger partial charge in [0, 0.05) is 16.3 Å². The van der Waals surface area contributed by atoms with E-state index < -0.39 is 0 Å². The Kier molecular flexibility index (Phi) is 5.61. The van der Waals surface area contributed by atoms with Gasteiger partial charge in [0.2, 0.25) is 0 Å². The van der Waals surface area contributed by atoms with E-state index in [0.717, 1.165) is 13.0 Å². The molecule has 0 fully saturated rings. The fraction of sp³-hybridized carbons (Fsp3) is 0.500. The monoisotopic (exact) mass is 224 g/mol. The molecule has 1 rings (SSSR count). The Morgan fingerprint density at radius 1 is 1.53 bits per heavy atom. The minimum atomic E-state index is 0.314. The van der Waals surface area contributed by atoms with Gasteiger partial charge in [-0.1, -0.05) is 12.2 Å². The van der Waals surface area contributed by atoms with Gasteiger partial charge in [-0.05, 0) is 38.9 Å². The quantitative estimate of drug-likeness (QED) is 0.576. The summed E-state index contributed by atoms with van der Waals surface area (Å²) in [5.74, 6) is 0. The zero-order valence-electron chi connectivity index (χ0n) is 9.49. The van der Waals surface area contributed by atoms with Crippen LogP contribution in [-0.4, -0.2) is 13.1 Å². The number of hydrogen-bond acceptors (Lipinski definition) is 3. The highest BCUT2D eigenvalue weighted by Gasteiger charge is 2.09. The van der Waals surface area contributed by atoms with Crippen LogP contribution in [-0.2, 0) is 0 Å². The number of rotatable bonds is 6. The lowest BCUT2D eigenvalue weighted by Gasteiger charge is -2.14. The largest absolute Gasteiger partial charge is 0.329 e. The first kappa shape index (κ1) is 12.4. The van der Waals surface area contributed by atoms with Crippen LogP contribution in [0.2, 0.25) is 0 Å². The molecule has 0 bridgehead atoms. The zero-order valence-corrected chi connectivity index (χ0v) is 10.3. The molecular weight excluding hydrogens is 204 g/mol. The Morgan fingerprint density at radius 2 is 2.33 bits per heavy atom. The Morgan fingerprint density at radius 3 is 2.87 bits per heavy atom. The lowest BCUT2D eigenvalue weighted by Crippen LogP contribution is -2.28. The molecule has 0 saturated heterocycles. The molecule has 0 amide bonds. The predicted molar refractivity (Wildman–Crippen MR) is 68.3 cm³/mol. The smallest absolute Gasteiger partial charge is 0.0539 e. The highest BCUT2D eigenvalue weighted by atomic mass is 32.1. The Bertz CT molecular complexity index is 304. The number of nitrogens with one attached hydrogen (secondary N) is 1. The average Bonchev–Trinajstić information content (AvgIpc) is 2.65. The van der Waals surface area contributed by atoms with Crippen LogP contribution < -0.4 is 11.1 Å². The van der Waals surface area contributed by atoms with Gasteiger partial charge in [0.05, 0.1) is 6.04 Å². The summed E-state index contributed by atoms with van der Waals surface area (Å²) in [6.07, 6.45) is 5.31. The lowest BCUT2D eigenvalue weighted by atomic mass is 10.2. The summed E-state index contributed by atoms with van der Waals surface area (Å²) in [7, 11) is 0. The van der Waals surface area contributed by atoms with E-state index in [2.05, 4.69) is 36.5 Å². The van der Waals surface area contributed by atoms with Crippen LogP contribution in [0.1, 0.15) is 29.1 Å². The van der Waals surface area contributed by atoms with Crippen molar-refractivity contribution in [3.05, 3.63) is 34.0 Å². The second kappa shape index (κ2) is 6.77. The fourth-order valence-corrected chi connectivity index (χ4v) is 2.41. The third-order valence-electron chi connectivity index (χ3n) is 2.28. The van der Waals surface area contributed by atoms with Gasteiger partial charge in [0.25, 0.3) is 0 Å². The third kappa shape index (κ3) is 4.16. The minimum absolute atomic E-state index is 0.314. The molecule has 0 aliphatic carbocycles. The molecule has 1 aromatic heterocycles. The molecule has 84 valence electrons. The molecule has 0 radical (unpaired) electrons. The van der Waals surface area contributed by atoms with E-state index in [0.29, 0.717) is 12.6 Å². The van der Waals surface area contributed by atoms with Crippen LogP contribution in [0, 0.1) is 6.92 Å². The van der Waals surface area contributed by atoms with Gasteiger partial charge in [-0.3, -0.25) is 0 Å². The van der Waals surface area contributed by atoms with Crippen molar-refractivity contribution in [2.24, 2.45) is 5.73 Å². The molecule has 1 unspecified atom stereocenters. The normalized spacial score (nSPS) is 13.5. The SMILES string of the molecule is C/C=C/CCNC(CN)c1ccc(C)s1. The summed E-state index contributed by atoms with van der Waals surface area (Å²) in [6.45, 7) is 5.82. The van der Waals surface area contributed by atoms with Crippen molar-refractivity contribution in [2.45, 2.75) is 26.3 Å². The summed E-state index contributed by atoms with van der Waals surface area (Å²) in [6, 6.07) is 4.63. The van der Waals surface area contributed by atoms with Crippen molar-refractivity contribution in [2.75, 3.05) is 13.1 Å². The lowest BCUT2D eigenvalue weighted by molar-refractivity contribution is 0.556. The molecule has 0 aliphatic heterocycles. The van der Waals surface area contributed by atoms with Crippen molar-refractivity contribution in [1.82, 2.24) is 5.32 Å². The zero-order chi connectivity index (χ0) is 11.1. The maximum absolute atomic E-state index is 5.75. The Hall–Kier alpha value is -0.640. The highest BCUT2D eigenvalue weighted by molar-refractivity contribution is 7.12. The van der Waals surface area contributed by atoms with Gasteiger partial charge in [-0.25, -0.2) is 0 Å². The van der Waals surface area contributed by atoms with E-state index in [1.165, 1.54) is 9.75 Å². The van der Waals surface area contributed by atoms with Crippen molar-refractivity contribution < 1.29 is 0 Å². The predicted octanol–water partition coefficient (Wildman–Crippen LogP) is 2.61. The number of hydrogen-bond donors (Lipinski definition) is 2. The van der Waals surface area contributed by atoms with Crippen molar-refractivity contribution in [3.8, 4) is 0 Å². The molecule has 3 heteroatoms. The molecule has 15 heavy (non-hydrogen) atoms. The Labute approximate surface area is 96.2 Å². The maximum Gasteiger partial charge on any atom is 0.0539 e. The summed E-state index contributed by atoms with van der Waals surface area (Å²) in [5.41, 5.74) is 5.75. The molecule has 0 aromatic carbocycles. The summed E-state index contributed by atoms with van der Waals surface area (Å²) < 4.78 is 0. The molecule has 2 nitrogen and oxygen atoms in total. The van der Waals surface area contributed by atoms with Crippen LogP contribution in [0.25, 0.3) is 0 Å². The number of nitrogens with two attached hydrogens (primary N) is 1. The van der Waals surface area contributed by atoms with Crippen molar-refractivity contribution >= 4 is 11.3 Å². The number of allylic oxidation sites excluding steroid dienone is 1. The van der Waals surface area contributed by atoms with E-state index in [-0.39, 0.29) is 0 Å². The number of thiophene rings is 1. The van der Waals surface area contributed by atoms with Gasteiger partial charge in [0.15, 0.2) is 0 Å². The van der Waals surface area contributed by atoms with Crippen LogP contribution in [0.5, 0.6) is 0 Å². The molecular formula is C12H20N2S. The van der Waals surface area contributed by atoms with Gasteiger partial charge in [-0.2, -0.15) is 0 Å². The molecule has 0 saturated carbocycles. The van der Waals surface area contributed by atoms with E-state index in [1.807, 2.05) is 18.3 Å². The van der Waals surface area contributed by atoms with Crippen LogP contribution in [0.4, 0.5) is 0 Å². The van der Waals surface area contributed by atoms with Crippen molar-refractivity contribution in [1.29, 1.82) is 0 Å². The van der Waals surface area contributed by atoms with Crippen LogP contribution in [0.3, 0.4) is 0 Å². The first-order valence-corrected chi connectivity index (χ1v) is 6.20. The van der Waals surface area contributed by atoms with E-state index in [9.17, 15) is 0 Å². The van der Waals surface area contributed by atoms with Crippen LogP contribution >= 0.6 is 11.3 Å². The van der Waals surface area contributed by atoms with Crippen LogP contribution in [0.15, 0.2) is 24.3 Å². The second-order valence-electron chi connectivity index (χ2n) is 3.55. The van der Waals surface area contributed by atoms with Gasteiger partial charge in [0.1, 0.15) is 0 Å². The minimum Gasteiger partial charge on any atom is -0.329 e. The number of aryl methyl sites for hydroxylation is 1. The first-order chi connectivity index (χ1) is 7.27. The molecule has 1 atom stereocenters. The van der Waals surface area contributed by atoms with Crippen molar-refractivity contribution in [3.63, 3.8) is 0 Å².